The number of ether oxygens (including phenoxy) is 2. The van der Waals surface area contributed by atoms with Crippen molar-refractivity contribution in [3.05, 3.63) is 71.3 Å². The lowest BCUT2D eigenvalue weighted by atomic mass is 9.94. The van der Waals surface area contributed by atoms with E-state index >= 15 is 0 Å². The summed E-state index contributed by atoms with van der Waals surface area (Å²) < 4.78 is 10.9. The predicted octanol–water partition coefficient (Wildman–Crippen LogP) is 3.28. The minimum absolute atomic E-state index is 0.0389. The van der Waals surface area contributed by atoms with Gasteiger partial charge >= 0.3 is 0 Å². The Hall–Kier alpha value is -2.99. The lowest BCUT2D eigenvalue weighted by Crippen LogP contribution is -2.36. The van der Waals surface area contributed by atoms with E-state index in [0.29, 0.717) is 6.54 Å². The third-order valence-electron chi connectivity index (χ3n) is 5.07. The van der Waals surface area contributed by atoms with Crippen molar-refractivity contribution in [3.8, 4) is 17.2 Å². The van der Waals surface area contributed by atoms with Crippen molar-refractivity contribution in [1.29, 1.82) is 0 Å². The zero-order valence-electron chi connectivity index (χ0n) is 15.5. The molecule has 0 amide bonds. The van der Waals surface area contributed by atoms with Crippen LogP contribution in [0.3, 0.4) is 0 Å². The van der Waals surface area contributed by atoms with Crippen LogP contribution in [0.15, 0.2) is 48.8 Å². The Kier molecular flexibility index (Phi) is 4.73. The maximum atomic E-state index is 9.99. The van der Waals surface area contributed by atoms with Crippen LogP contribution in [0.4, 0.5) is 0 Å². The van der Waals surface area contributed by atoms with Crippen molar-refractivity contribution in [3.63, 3.8) is 0 Å². The van der Waals surface area contributed by atoms with Crippen LogP contribution in [-0.4, -0.2) is 40.7 Å². The molecule has 0 aliphatic carbocycles. The molecule has 4 rings (SSSR count). The first kappa shape index (κ1) is 17.4. The number of nitrogens with one attached hydrogen (secondary N) is 1. The van der Waals surface area contributed by atoms with Gasteiger partial charge in [-0.15, -0.1) is 0 Å². The van der Waals surface area contributed by atoms with E-state index < -0.39 is 0 Å². The fraction of sp³-hybridized carbons (Fsp3) is 0.286. The van der Waals surface area contributed by atoms with Crippen LogP contribution in [-0.2, 0) is 13.0 Å². The number of aromatic nitrogens is 2. The Balaban J connectivity index is 1.73. The van der Waals surface area contributed by atoms with Gasteiger partial charge in [0.15, 0.2) is 0 Å². The summed E-state index contributed by atoms with van der Waals surface area (Å²) in [6.45, 7) is 1.56. The first-order chi connectivity index (χ1) is 13.2. The highest BCUT2D eigenvalue weighted by atomic mass is 16.5. The van der Waals surface area contributed by atoms with Gasteiger partial charge in [0.2, 0.25) is 0 Å². The summed E-state index contributed by atoms with van der Waals surface area (Å²) in [6, 6.07) is 13.2. The number of rotatable bonds is 5. The second kappa shape index (κ2) is 7.32. The van der Waals surface area contributed by atoms with E-state index in [-0.39, 0.29) is 11.8 Å². The van der Waals surface area contributed by atoms with Crippen LogP contribution < -0.4 is 9.47 Å². The van der Waals surface area contributed by atoms with Gasteiger partial charge in [0.1, 0.15) is 17.2 Å². The van der Waals surface area contributed by atoms with E-state index in [4.69, 9.17) is 9.47 Å². The maximum absolute atomic E-state index is 9.99. The van der Waals surface area contributed by atoms with Crippen LogP contribution in [0, 0.1) is 0 Å². The van der Waals surface area contributed by atoms with Crippen LogP contribution in [0.1, 0.15) is 28.6 Å². The van der Waals surface area contributed by atoms with E-state index in [2.05, 4.69) is 14.9 Å². The first-order valence-electron chi connectivity index (χ1n) is 8.95. The van der Waals surface area contributed by atoms with Gasteiger partial charge in [0.05, 0.1) is 32.3 Å². The van der Waals surface area contributed by atoms with E-state index in [0.717, 1.165) is 47.0 Å². The van der Waals surface area contributed by atoms with Gasteiger partial charge in [0.25, 0.3) is 0 Å². The number of imidazole rings is 1. The van der Waals surface area contributed by atoms with E-state index in [1.165, 1.54) is 0 Å². The molecular formula is C21H23N3O3. The highest BCUT2D eigenvalue weighted by Crippen LogP contribution is 2.37. The number of phenols is 1. The van der Waals surface area contributed by atoms with Gasteiger partial charge in [-0.05, 0) is 35.9 Å². The second-order valence-corrected chi connectivity index (χ2v) is 6.66. The largest absolute Gasteiger partial charge is 0.508 e. The molecule has 3 aromatic rings. The number of hydrogen-bond acceptors (Lipinski definition) is 5. The summed E-state index contributed by atoms with van der Waals surface area (Å²) in [6.07, 6.45) is 2.65. The molecular weight excluding hydrogens is 342 g/mol. The minimum atomic E-state index is -0.0389. The molecule has 0 bridgehead atoms. The molecule has 6 heteroatoms. The molecule has 1 atom stereocenters. The monoisotopic (exact) mass is 365 g/mol. The Labute approximate surface area is 158 Å². The molecule has 1 aliphatic rings. The van der Waals surface area contributed by atoms with Crippen molar-refractivity contribution < 1.29 is 14.6 Å². The van der Waals surface area contributed by atoms with Gasteiger partial charge in [-0.25, -0.2) is 4.98 Å². The van der Waals surface area contributed by atoms with Gasteiger partial charge in [-0.3, -0.25) is 4.90 Å². The molecule has 1 unspecified atom stereocenters. The van der Waals surface area contributed by atoms with E-state index in [9.17, 15) is 5.11 Å². The number of aromatic hydroxyl groups is 1. The van der Waals surface area contributed by atoms with Crippen molar-refractivity contribution in [1.82, 2.24) is 14.9 Å². The molecule has 0 radical (unpaired) electrons. The highest BCUT2D eigenvalue weighted by Gasteiger charge is 2.31. The third kappa shape index (κ3) is 3.36. The van der Waals surface area contributed by atoms with Crippen LogP contribution >= 0.6 is 0 Å². The highest BCUT2D eigenvalue weighted by molar-refractivity contribution is 5.42. The molecule has 0 saturated heterocycles. The SMILES string of the molecule is COc1ccc(OC)c(CN2CCc3[nH]cnc3C2c2cccc(O)c2)c1. The number of aromatic amines is 1. The quantitative estimate of drug-likeness (QED) is 0.726. The van der Waals surface area contributed by atoms with Gasteiger partial charge < -0.3 is 19.6 Å². The summed E-state index contributed by atoms with van der Waals surface area (Å²) in [5, 5.41) is 9.99. The number of fused-ring (bicyclic) bond motifs is 1. The van der Waals surface area contributed by atoms with Gasteiger partial charge in [-0.2, -0.15) is 0 Å². The summed E-state index contributed by atoms with van der Waals surface area (Å²) in [7, 11) is 3.35. The molecule has 1 aliphatic heterocycles. The van der Waals surface area contributed by atoms with E-state index in [1.807, 2.05) is 36.4 Å². The number of phenolic OH excluding ortho intramolecular Hbond substituents is 1. The summed E-state index contributed by atoms with van der Waals surface area (Å²) in [4.78, 5) is 10.2. The summed E-state index contributed by atoms with van der Waals surface area (Å²) >= 11 is 0. The number of benzene rings is 2. The Morgan fingerprint density at radius 1 is 1.19 bits per heavy atom. The number of methoxy groups -OCH3 is 2. The first-order valence-corrected chi connectivity index (χ1v) is 8.95. The molecule has 6 nitrogen and oxygen atoms in total. The minimum Gasteiger partial charge on any atom is -0.508 e. The lowest BCUT2D eigenvalue weighted by Gasteiger charge is -2.35. The van der Waals surface area contributed by atoms with Crippen molar-refractivity contribution in [2.24, 2.45) is 0 Å². The average Bonchev–Trinajstić information content (AvgIpc) is 3.16. The van der Waals surface area contributed by atoms with Gasteiger partial charge in [0, 0.05) is 30.8 Å². The Bertz CT molecular complexity index is 938. The standard InChI is InChI=1S/C21H23N3O3/c1-26-17-6-7-19(27-2)15(11-17)12-24-9-8-18-20(23-13-22-18)21(24)14-4-3-5-16(25)10-14/h3-7,10-11,13,21,25H,8-9,12H2,1-2H3,(H,22,23). The third-order valence-corrected chi connectivity index (χ3v) is 5.07. The average molecular weight is 365 g/mol. The van der Waals surface area contributed by atoms with Crippen LogP contribution in [0.5, 0.6) is 17.2 Å². The molecule has 0 spiro atoms. The Morgan fingerprint density at radius 2 is 2.07 bits per heavy atom. The zero-order chi connectivity index (χ0) is 18.8. The Morgan fingerprint density at radius 3 is 2.85 bits per heavy atom. The lowest BCUT2D eigenvalue weighted by molar-refractivity contribution is 0.197. The fourth-order valence-electron chi connectivity index (χ4n) is 3.78. The van der Waals surface area contributed by atoms with Crippen LogP contribution in [0.2, 0.25) is 0 Å². The molecule has 1 aromatic heterocycles. The maximum Gasteiger partial charge on any atom is 0.123 e. The molecule has 2 N–H and O–H groups in total. The topological polar surface area (TPSA) is 70.6 Å². The molecule has 2 aromatic carbocycles. The molecule has 0 saturated carbocycles. The predicted molar refractivity (Wildman–Crippen MR) is 102 cm³/mol. The van der Waals surface area contributed by atoms with Crippen molar-refractivity contribution >= 4 is 0 Å². The molecule has 0 fully saturated rings. The summed E-state index contributed by atoms with van der Waals surface area (Å²) in [5.41, 5.74) is 4.23. The number of H-pyrrole nitrogens is 1. The fourth-order valence-corrected chi connectivity index (χ4v) is 3.78. The van der Waals surface area contributed by atoms with Crippen LogP contribution in [0.25, 0.3) is 0 Å². The second-order valence-electron chi connectivity index (χ2n) is 6.66. The molecule has 27 heavy (non-hydrogen) atoms. The molecule has 140 valence electrons. The van der Waals surface area contributed by atoms with Gasteiger partial charge in [-0.1, -0.05) is 12.1 Å². The summed E-state index contributed by atoms with van der Waals surface area (Å²) in [5.74, 6) is 1.89. The normalized spacial score (nSPS) is 16.7. The molecule has 2 heterocycles. The number of nitrogens with zero attached hydrogens (tertiary/aromatic N) is 2. The van der Waals surface area contributed by atoms with Crippen molar-refractivity contribution in [2.75, 3.05) is 20.8 Å². The number of hydrogen-bond donors (Lipinski definition) is 2. The zero-order valence-corrected chi connectivity index (χ0v) is 15.5. The van der Waals surface area contributed by atoms with E-state index in [1.54, 1.807) is 26.6 Å². The smallest absolute Gasteiger partial charge is 0.123 e. The van der Waals surface area contributed by atoms with Crippen molar-refractivity contribution in [2.45, 2.75) is 19.0 Å².